The van der Waals surface area contributed by atoms with Gasteiger partial charge in [-0.3, -0.25) is 4.79 Å². The average Bonchev–Trinajstić information content (AvgIpc) is 2.42. The molecule has 0 saturated carbocycles. The number of hydrogen-bond donors (Lipinski definition) is 2. The summed E-state index contributed by atoms with van der Waals surface area (Å²) in [7, 11) is 0. The molecule has 2 rings (SSSR count). The lowest BCUT2D eigenvalue weighted by Gasteiger charge is -2.33. The van der Waals surface area contributed by atoms with Gasteiger partial charge in [-0.15, -0.1) is 12.4 Å². The molecule has 118 valence electrons. The summed E-state index contributed by atoms with van der Waals surface area (Å²) in [6.07, 6.45) is 0.786. The van der Waals surface area contributed by atoms with Crippen LogP contribution in [0.4, 0.5) is 8.78 Å². The van der Waals surface area contributed by atoms with Gasteiger partial charge in [0.1, 0.15) is 0 Å². The minimum atomic E-state index is -0.842. The van der Waals surface area contributed by atoms with Crippen molar-refractivity contribution in [3.8, 4) is 0 Å². The van der Waals surface area contributed by atoms with Crippen molar-refractivity contribution >= 4 is 18.3 Å². The van der Waals surface area contributed by atoms with Crippen LogP contribution < -0.4 is 10.6 Å². The Morgan fingerprint density at radius 3 is 2.67 bits per heavy atom. The number of halogens is 3. The highest BCUT2D eigenvalue weighted by atomic mass is 35.5. The van der Waals surface area contributed by atoms with Gasteiger partial charge in [0.05, 0.1) is 0 Å². The van der Waals surface area contributed by atoms with Gasteiger partial charge in [-0.1, -0.05) is 19.9 Å². The second-order valence-corrected chi connectivity index (χ2v) is 5.54. The SMILES string of the molecule is CC(C)C(=O)NC1CNCCC1c1ccc(F)c(F)c1.Cl. The molecule has 1 aliphatic rings. The predicted molar refractivity (Wildman–Crippen MR) is 80.6 cm³/mol. The maximum atomic E-state index is 13.4. The first-order valence-electron chi connectivity index (χ1n) is 6.95. The van der Waals surface area contributed by atoms with Gasteiger partial charge in [-0.2, -0.15) is 0 Å². The van der Waals surface area contributed by atoms with Crippen LogP contribution in [0.25, 0.3) is 0 Å². The molecule has 1 aliphatic heterocycles. The van der Waals surface area contributed by atoms with E-state index in [-0.39, 0.29) is 36.2 Å². The molecular formula is C15H21ClF2N2O. The van der Waals surface area contributed by atoms with Gasteiger partial charge >= 0.3 is 0 Å². The summed E-state index contributed by atoms with van der Waals surface area (Å²) in [5, 5.41) is 6.21. The van der Waals surface area contributed by atoms with E-state index in [4.69, 9.17) is 0 Å². The third kappa shape index (κ3) is 4.38. The minimum absolute atomic E-state index is 0. The lowest BCUT2D eigenvalue weighted by molar-refractivity contribution is -0.124. The molecule has 0 aliphatic carbocycles. The number of carbonyl (C=O) groups is 1. The predicted octanol–water partition coefficient (Wildman–Crippen LogP) is 2.60. The molecule has 6 heteroatoms. The fourth-order valence-corrected chi connectivity index (χ4v) is 2.50. The number of hydrogen-bond acceptors (Lipinski definition) is 2. The summed E-state index contributed by atoms with van der Waals surface area (Å²) in [5.74, 6) is -1.79. The Bertz CT molecular complexity index is 497. The first-order chi connectivity index (χ1) is 9.49. The number of nitrogens with one attached hydrogen (secondary N) is 2. The van der Waals surface area contributed by atoms with Crippen LogP contribution in [-0.4, -0.2) is 25.0 Å². The second kappa shape index (κ2) is 7.71. The van der Waals surface area contributed by atoms with E-state index < -0.39 is 11.6 Å². The van der Waals surface area contributed by atoms with E-state index in [9.17, 15) is 13.6 Å². The lowest BCUT2D eigenvalue weighted by atomic mass is 9.85. The average molecular weight is 319 g/mol. The van der Waals surface area contributed by atoms with E-state index in [0.29, 0.717) is 6.54 Å². The molecule has 3 nitrogen and oxygen atoms in total. The highest BCUT2D eigenvalue weighted by molar-refractivity contribution is 5.85. The molecule has 1 fully saturated rings. The summed E-state index contributed by atoms with van der Waals surface area (Å²) in [6, 6.07) is 3.89. The highest BCUT2D eigenvalue weighted by Crippen LogP contribution is 2.27. The molecule has 1 saturated heterocycles. The van der Waals surface area contributed by atoms with Crippen LogP contribution in [0.1, 0.15) is 31.7 Å². The molecule has 2 atom stereocenters. The van der Waals surface area contributed by atoms with E-state index in [1.54, 1.807) is 6.07 Å². The van der Waals surface area contributed by atoms with Crippen molar-refractivity contribution in [2.75, 3.05) is 13.1 Å². The first kappa shape index (κ1) is 17.9. The largest absolute Gasteiger partial charge is 0.351 e. The highest BCUT2D eigenvalue weighted by Gasteiger charge is 2.28. The minimum Gasteiger partial charge on any atom is -0.351 e. The molecule has 0 radical (unpaired) electrons. The van der Waals surface area contributed by atoms with Crippen LogP contribution in [-0.2, 0) is 4.79 Å². The molecule has 0 bridgehead atoms. The fourth-order valence-electron chi connectivity index (χ4n) is 2.50. The van der Waals surface area contributed by atoms with Gasteiger partial charge in [0.15, 0.2) is 11.6 Å². The molecule has 1 amide bonds. The van der Waals surface area contributed by atoms with Crippen molar-refractivity contribution in [3.63, 3.8) is 0 Å². The molecule has 21 heavy (non-hydrogen) atoms. The summed E-state index contributed by atoms with van der Waals surface area (Å²) < 4.78 is 26.4. The quantitative estimate of drug-likeness (QED) is 0.899. The van der Waals surface area contributed by atoms with Crippen molar-refractivity contribution in [3.05, 3.63) is 35.4 Å². The van der Waals surface area contributed by atoms with Crippen molar-refractivity contribution in [1.29, 1.82) is 0 Å². The summed E-state index contributed by atoms with van der Waals surface area (Å²) in [5.41, 5.74) is 0.736. The van der Waals surface area contributed by atoms with Crippen LogP contribution in [0, 0.1) is 17.6 Å². The molecule has 2 unspecified atom stereocenters. The van der Waals surface area contributed by atoms with Crippen LogP contribution in [0.15, 0.2) is 18.2 Å². The maximum absolute atomic E-state index is 13.4. The van der Waals surface area contributed by atoms with Gasteiger partial charge in [0.2, 0.25) is 5.91 Å². The summed E-state index contributed by atoms with van der Waals surface area (Å²) in [6.45, 7) is 5.11. The normalized spacial score (nSPS) is 21.8. The van der Waals surface area contributed by atoms with E-state index in [2.05, 4.69) is 10.6 Å². The van der Waals surface area contributed by atoms with Crippen molar-refractivity contribution in [2.24, 2.45) is 5.92 Å². The number of rotatable bonds is 3. The number of piperidine rings is 1. The summed E-state index contributed by atoms with van der Waals surface area (Å²) >= 11 is 0. The van der Waals surface area contributed by atoms with Crippen LogP contribution >= 0.6 is 12.4 Å². The van der Waals surface area contributed by atoms with Crippen LogP contribution in [0.5, 0.6) is 0 Å². The Hall–Kier alpha value is -1.20. The number of carbonyl (C=O) groups excluding carboxylic acids is 1. The lowest BCUT2D eigenvalue weighted by Crippen LogP contribution is -2.50. The Morgan fingerprint density at radius 1 is 1.33 bits per heavy atom. The maximum Gasteiger partial charge on any atom is 0.222 e. The van der Waals surface area contributed by atoms with Gasteiger partial charge in [-0.05, 0) is 30.7 Å². The topological polar surface area (TPSA) is 41.1 Å². The monoisotopic (exact) mass is 318 g/mol. The van der Waals surface area contributed by atoms with E-state index in [1.165, 1.54) is 6.07 Å². The van der Waals surface area contributed by atoms with E-state index >= 15 is 0 Å². The van der Waals surface area contributed by atoms with E-state index in [0.717, 1.165) is 24.6 Å². The van der Waals surface area contributed by atoms with Crippen molar-refractivity contribution in [1.82, 2.24) is 10.6 Å². The zero-order valence-corrected chi connectivity index (χ0v) is 13.0. The van der Waals surface area contributed by atoms with Gasteiger partial charge in [0.25, 0.3) is 0 Å². The van der Waals surface area contributed by atoms with Gasteiger partial charge in [0, 0.05) is 24.4 Å². The van der Waals surface area contributed by atoms with Crippen LogP contribution in [0.2, 0.25) is 0 Å². The third-order valence-electron chi connectivity index (χ3n) is 3.71. The Morgan fingerprint density at radius 2 is 2.05 bits per heavy atom. The molecule has 0 aromatic heterocycles. The van der Waals surface area contributed by atoms with Crippen molar-refractivity contribution in [2.45, 2.75) is 32.2 Å². The first-order valence-corrected chi connectivity index (χ1v) is 6.95. The van der Waals surface area contributed by atoms with Gasteiger partial charge in [-0.25, -0.2) is 8.78 Å². The smallest absolute Gasteiger partial charge is 0.222 e. The fraction of sp³-hybridized carbons (Fsp3) is 0.533. The van der Waals surface area contributed by atoms with Gasteiger partial charge < -0.3 is 10.6 Å². The molecule has 1 aromatic rings. The van der Waals surface area contributed by atoms with E-state index in [1.807, 2.05) is 13.8 Å². The number of amides is 1. The zero-order chi connectivity index (χ0) is 14.7. The van der Waals surface area contributed by atoms with Crippen molar-refractivity contribution < 1.29 is 13.6 Å². The molecule has 2 N–H and O–H groups in total. The zero-order valence-electron chi connectivity index (χ0n) is 12.2. The van der Waals surface area contributed by atoms with Crippen LogP contribution in [0.3, 0.4) is 0 Å². The summed E-state index contributed by atoms with van der Waals surface area (Å²) in [4.78, 5) is 11.8. The molecule has 1 heterocycles. The standard InChI is InChI=1S/C15H20F2N2O.ClH/c1-9(2)15(20)19-14-8-18-6-5-11(14)10-3-4-12(16)13(17)7-10;/h3-4,7,9,11,14,18H,5-6,8H2,1-2H3,(H,19,20);1H. The third-order valence-corrected chi connectivity index (χ3v) is 3.71. The Kier molecular flexibility index (Phi) is 6.55. The second-order valence-electron chi connectivity index (χ2n) is 5.54. The number of benzene rings is 1. The Labute approximate surface area is 129 Å². The Balaban J connectivity index is 0.00000220. The molecular weight excluding hydrogens is 298 g/mol. The molecule has 0 spiro atoms. The molecule has 1 aromatic carbocycles.